The molecule has 1 heterocycles. The van der Waals surface area contributed by atoms with Gasteiger partial charge in [-0.25, -0.2) is 14.8 Å². The topological polar surface area (TPSA) is 93.2 Å². The molecule has 2 aromatic carbocycles. The van der Waals surface area contributed by atoms with Crippen LogP contribution in [0.4, 0.5) is 11.6 Å². The number of carbonyl (C=O) groups excluding carboxylic acids is 2. The van der Waals surface area contributed by atoms with Crippen LogP contribution in [0.3, 0.4) is 0 Å². The summed E-state index contributed by atoms with van der Waals surface area (Å²) in [6, 6.07) is 16.2. The normalized spacial score (nSPS) is 10.2. The van der Waals surface area contributed by atoms with E-state index < -0.39 is 5.97 Å². The Bertz CT molecular complexity index is 987. The van der Waals surface area contributed by atoms with Crippen molar-refractivity contribution < 1.29 is 14.3 Å². The predicted molar refractivity (Wildman–Crippen MR) is 105 cm³/mol. The standard InChI is InChI=1S/C21H20N4O3/c1-14-4-3-5-15(12-14)13-23-19(26)18-10-11-22-21(25-18)24-17-8-6-16(7-9-17)20(27)28-2/h3-12H,13H2,1-2H3,(H,23,26)(H,22,24,25). The molecule has 0 aliphatic rings. The lowest BCUT2D eigenvalue weighted by molar-refractivity contribution is 0.0600. The van der Waals surface area contributed by atoms with Gasteiger partial charge in [-0.2, -0.15) is 0 Å². The van der Waals surface area contributed by atoms with Gasteiger partial charge < -0.3 is 15.4 Å². The fourth-order valence-corrected chi connectivity index (χ4v) is 2.58. The van der Waals surface area contributed by atoms with Crippen LogP contribution in [0, 0.1) is 6.92 Å². The summed E-state index contributed by atoms with van der Waals surface area (Å²) in [5, 5.41) is 5.86. The summed E-state index contributed by atoms with van der Waals surface area (Å²) in [6.45, 7) is 2.42. The first kappa shape index (κ1) is 19.0. The van der Waals surface area contributed by atoms with Crippen LogP contribution >= 0.6 is 0 Å². The Hall–Kier alpha value is -3.74. The molecule has 1 amide bonds. The molecule has 0 aliphatic carbocycles. The Morgan fingerprint density at radius 3 is 2.57 bits per heavy atom. The first-order chi connectivity index (χ1) is 13.5. The van der Waals surface area contributed by atoms with E-state index in [-0.39, 0.29) is 17.5 Å². The lowest BCUT2D eigenvalue weighted by Gasteiger charge is -2.08. The van der Waals surface area contributed by atoms with E-state index >= 15 is 0 Å². The molecule has 0 unspecified atom stereocenters. The van der Waals surface area contributed by atoms with Gasteiger partial charge in [0.05, 0.1) is 12.7 Å². The van der Waals surface area contributed by atoms with E-state index in [2.05, 4.69) is 25.3 Å². The number of esters is 1. The predicted octanol–water partition coefficient (Wildman–Crippen LogP) is 3.25. The molecule has 0 bridgehead atoms. The highest BCUT2D eigenvalue weighted by Gasteiger charge is 2.10. The molecule has 0 atom stereocenters. The van der Waals surface area contributed by atoms with Crippen LogP contribution in [0.15, 0.2) is 60.8 Å². The van der Waals surface area contributed by atoms with Crippen LogP contribution < -0.4 is 10.6 Å². The average molecular weight is 376 g/mol. The third kappa shape index (κ3) is 4.91. The third-order valence-electron chi connectivity index (χ3n) is 3.99. The van der Waals surface area contributed by atoms with E-state index in [9.17, 15) is 9.59 Å². The molecule has 0 saturated heterocycles. The first-order valence-corrected chi connectivity index (χ1v) is 8.67. The number of carbonyl (C=O) groups is 2. The number of amides is 1. The zero-order chi connectivity index (χ0) is 19.9. The number of hydrogen-bond donors (Lipinski definition) is 2. The second-order valence-electron chi connectivity index (χ2n) is 6.13. The summed E-state index contributed by atoms with van der Waals surface area (Å²) < 4.78 is 4.67. The molecule has 0 fully saturated rings. The van der Waals surface area contributed by atoms with Crippen LogP contribution in [0.25, 0.3) is 0 Å². The highest BCUT2D eigenvalue weighted by molar-refractivity contribution is 5.92. The Kier molecular flexibility index (Phi) is 5.96. The molecule has 7 heteroatoms. The van der Waals surface area contributed by atoms with Gasteiger partial charge in [0.2, 0.25) is 5.95 Å². The van der Waals surface area contributed by atoms with E-state index in [1.165, 1.54) is 13.3 Å². The summed E-state index contributed by atoms with van der Waals surface area (Å²) in [5.41, 5.74) is 3.55. The Balaban J connectivity index is 1.64. The number of anilines is 2. The number of methoxy groups -OCH3 is 1. The molecule has 2 N–H and O–H groups in total. The molecule has 0 radical (unpaired) electrons. The zero-order valence-electron chi connectivity index (χ0n) is 15.6. The highest BCUT2D eigenvalue weighted by Crippen LogP contribution is 2.14. The fraction of sp³-hybridized carbons (Fsp3) is 0.143. The Morgan fingerprint density at radius 1 is 1.07 bits per heavy atom. The summed E-state index contributed by atoms with van der Waals surface area (Å²) in [4.78, 5) is 32.2. The van der Waals surface area contributed by atoms with Crippen molar-refractivity contribution in [3.63, 3.8) is 0 Å². The molecular formula is C21H20N4O3. The van der Waals surface area contributed by atoms with Crippen LogP contribution in [-0.4, -0.2) is 29.0 Å². The monoisotopic (exact) mass is 376 g/mol. The van der Waals surface area contributed by atoms with Crippen LogP contribution in [0.2, 0.25) is 0 Å². The quantitative estimate of drug-likeness (QED) is 0.642. The maximum atomic E-state index is 12.4. The molecule has 0 aliphatic heterocycles. The number of hydrogen-bond acceptors (Lipinski definition) is 6. The van der Waals surface area contributed by atoms with Crippen molar-refractivity contribution in [2.45, 2.75) is 13.5 Å². The maximum Gasteiger partial charge on any atom is 0.337 e. The lowest BCUT2D eigenvalue weighted by atomic mass is 10.1. The molecule has 3 rings (SSSR count). The molecule has 0 saturated carbocycles. The molecule has 1 aromatic heterocycles. The number of aryl methyl sites for hydroxylation is 1. The highest BCUT2D eigenvalue weighted by atomic mass is 16.5. The van der Waals surface area contributed by atoms with Gasteiger partial charge in [-0.05, 0) is 42.8 Å². The summed E-state index contributed by atoms with van der Waals surface area (Å²) in [6.07, 6.45) is 1.51. The van der Waals surface area contributed by atoms with Gasteiger partial charge in [0.15, 0.2) is 0 Å². The lowest BCUT2D eigenvalue weighted by Crippen LogP contribution is -2.24. The van der Waals surface area contributed by atoms with Crippen molar-refractivity contribution in [3.8, 4) is 0 Å². The number of rotatable bonds is 6. The van der Waals surface area contributed by atoms with E-state index in [1.54, 1.807) is 30.3 Å². The second-order valence-corrected chi connectivity index (χ2v) is 6.13. The van der Waals surface area contributed by atoms with Gasteiger partial charge in [0.25, 0.3) is 5.91 Å². The number of nitrogens with zero attached hydrogens (tertiary/aromatic N) is 2. The van der Waals surface area contributed by atoms with Gasteiger partial charge in [-0.1, -0.05) is 29.8 Å². The SMILES string of the molecule is COC(=O)c1ccc(Nc2nccc(C(=O)NCc3cccc(C)c3)n2)cc1. The van der Waals surface area contributed by atoms with Crippen molar-refractivity contribution in [1.29, 1.82) is 0 Å². The number of nitrogens with one attached hydrogen (secondary N) is 2. The van der Waals surface area contributed by atoms with E-state index in [1.807, 2.05) is 31.2 Å². The van der Waals surface area contributed by atoms with Crippen molar-refractivity contribution in [3.05, 3.63) is 83.2 Å². The van der Waals surface area contributed by atoms with Crippen molar-refractivity contribution in [2.75, 3.05) is 12.4 Å². The number of benzene rings is 2. The smallest absolute Gasteiger partial charge is 0.337 e. The van der Waals surface area contributed by atoms with E-state index in [0.717, 1.165) is 11.1 Å². The zero-order valence-corrected chi connectivity index (χ0v) is 15.6. The molecule has 28 heavy (non-hydrogen) atoms. The molecule has 0 spiro atoms. The van der Waals surface area contributed by atoms with Crippen LogP contribution in [0.5, 0.6) is 0 Å². The minimum atomic E-state index is -0.407. The minimum Gasteiger partial charge on any atom is -0.465 e. The van der Waals surface area contributed by atoms with Crippen LogP contribution in [-0.2, 0) is 11.3 Å². The van der Waals surface area contributed by atoms with Crippen molar-refractivity contribution >= 4 is 23.5 Å². The van der Waals surface area contributed by atoms with Crippen molar-refractivity contribution in [1.82, 2.24) is 15.3 Å². The Morgan fingerprint density at radius 2 is 1.86 bits per heavy atom. The summed E-state index contributed by atoms with van der Waals surface area (Å²) >= 11 is 0. The molecule has 142 valence electrons. The van der Waals surface area contributed by atoms with Gasteiger partial charge in [0.1, 0.15) is 5.69 Å². The second kappa shape index (κ2) is 8.77. The van der Waals surface area contributed by atoms with Gasteiger partial charge in [-0.15, -0.1) is 0 Å². The van der Waals surface area contributed by atoms with Gasteiger partial charge in [0, 0.05) is 18.4 Å². The van der Waals surface area contributed by atoms with E-state index in [0.29, 0.717) is 17.8 Å². The average Bonchev–Trinajstić information content (AvgIpc) is 2.72. The summed E-state index contributed by atoms with van der Waals surface area (Å²) in [5.74, 6) is -0.405. The fourth-order valence-electron chi connectivity index (χ4n) is 2.58. The maximum absolute atomic E-state index is 12.4. The Labute approximate surface area is 162 Å². The number of aromatic nitrogens is 2. The van der Waals surface area contributed by atoms with E-state index in [4.69, 9.17) is 0 Å². The molecule has 7 nitrogen and oxygen atoms in total. The largest absolute Gasteiger partial charge is 0.465 e. The first-order valence-electron chi connectivity index (χ1n) is 8.67. The third-order valence-corrected chi connectivity index (χ3v) is 3.99. The molecule has 3 aromatic rings. The molecular weight excluding hydrogens is 356 g/mol. The summed E-state index contributed by atoms with van der Waals surface area (Å²) in [7, 11) is 1.33. The number of ether oxygens (including phenoxy) is 1. The minimum absolute atomic E-state index is 0.260. The van der Waals surface area contributed by atoms with Crippen LogP contribution in [0.1, 0.15) is 32.0 Å². The van der Waals surface area contributed by atoms with Gasteiger partial charge >= 0.3 is 5.97 Å². The van der Waals surface area contributed by atoms with Crippen molar-refractivity contribution in [2.24, 2.45) is 0 Å². The van der Waals surface area contributed by atoms with Gasteiger partial charge in [-0.3, -0.25) is 4.79 Å².